The molecule has 8 heteroatoms. The van der Waals surface area contributed by atoms with Crippen molar-refractivity contribution in [1.82, 2.24) is 10.2 Å². The Morgan fingerprint density at radius 3 is 2.67 bits per heavy atom. The van der Waals surface area contributed by atoms with Gasteiger partial charge in [0.15, 0.2) is 0 Å². The molecule has 2 amide bonds. The van der Waals surface area contributed by atoms with Gasteiger partial charge in [-0.3, -0.25) is 9.59 Å². The lowest BCUT2D eigenvalue weighted by Crippen LogP contribution is -2.54. The van der Waals surface area contributed by atoms with Gasteiger partial charge in [0.25, 0.3) is 5.91 Å². The zero-order valence-corrected chi connectivity index (χ0v) is 18.0. The number of likely N-dealkylation sites (tertiary alicyclic amines) is 1. The number of unbranched alkanes of at least 4 members (excludes halogenated alkanes) is 2. The predicted octanol–water partition coefficient (Wildman–Crippen LogP) is 1.33. The Morgan fingerprint density at radius 1 is 1.33 bits per heavy atom. The van der Waals surface area contributed by atoms with Gasteiger partial charge < -0.3 is 24.8 Å². The summed E-state index contributed by atoms with van der Waals surface area (Å²) in [4.78, 5) is 39.6. The molecule has 2 fully saturated rings. The highest BCUT2D eigenvalue weighted by Crippen LogP contribution is 2.45. The summed E-state index contributed by atoms with van der Waals surface area (Å²) in [6, 6.07) is -0.864. The highest BCUT2D eigenvalue weighted by atomic mass is 16.5. The lowest BCUT2D eigenvalue weighted by molar-refractivity contribution is -0.151. The van der Waals surface area contributed by atoms with Crippen LogP contribution in [-0.2, 0) is 23.9 Å². The number of β-amino-alcohol motifs (C(OH)–C–C–N with tert-alkyl or cyclic N) is 1. The monoisotopic (exact) mass is 422 g/mol. The van der Waals surface area contributed by atoms with Crippen LogP contribution in [0.5, 0.6) is 0 Å². The van der Waals surface area contributed by atoms with Crippen molar-refractivity contribution in [3.8, 4) is 0 Å². The second kappa shape index (κ2) is 10.7. The minimum Gasteiger partial charge on any atom is -0.464 e. The van der Waals surface area contributed by atoms with Gasteiger partial charge in [-0.1, -0.05) is 12.2 Å². The summed E-state index contributed by atoms with van der Waals surface area (Å²) in [6.07, 6.45) is 5.07. The van der Waals surface area contributed by atoms with E-state index in [9.17, 15) is 19.5 Å². The van der Waals surface area contributed by atoms with Crippen LogP contribution >= 0.6 is 0 Å². The molecule has 1 saturated carbocycles. The lowest BCUT2D eigenvalue weighted by atomic mass is 10.1. The standard InChI is InChI=1S/C22H34N2O6/c1-5-8-9-10-11-30-15(4)20(27)24-14-17(25)12-18(24)19(26)23-22(13-16(22)6-2)21(28)29-7-3/h5-6,15-18,25H,1-2,7-14H2,3-4H3,(H,23,26). The number of nitrogens with one attached hydrogen (secondary N) is 1. The van der Waals surface area contributed by atoms with E-state index in [2.05, 4.69) is 18.5 Å². The van der Waals surface area contributed by atoms with Crippen molar-refractivity contribution in [2.75, 3.05) is 19.8 Å². The summed E-state index contributed by atoms with van der Waals surface area (Å²) in [5.74, 6) is -1.54. The van der Waals surface area contributed by atoms with E-state index < -0.39 is 35.7 Å². The zero-order valence-electron chi connectivity index (χ0n) is 18.0. The van der Waals surface area contributed by atoms with Gasteiger partial charge in [-0.2, -0.15) is 0 Å². The number of rotatable bonds is 12. The predicted molar refractivity (Wildman–Crippen MR) is 111 cm³/mol. The maximum Gasteiger partial charge on any atom is 0.332 e. The molecule has 5 atom stereocenters. The summed E-state index contributed by atoms with van der Waals surface area (Å²) in [5.41, 5.74) is -1.13. The highest BCUT2D eigenvalue weighted by molar-refractivity contribution is 5.96. The average molecular weight is 423 g/mol. The lowest BCUT2D eigenvalue weighted by Gasteiger charge is -2.28. The Morgan fingerprint density at radius 2 is 2.07 bits per heavy atom. The summed E-state index contributed by atoms with van der Waals surface area (Å²) in [5, 5.41) is 12.9. The van der Waals surface area contributed by atoms with E-state index >= 15 is 0 Å². The van der Waals surface area contributed by atoms with Gasteiger partial charge in [-0.15, -0.1) is 13.2 Å². The molecule has 1 aliphatic carbocycles. The number of aliphatic hydroxyl groups is 1. The number of allylic oxidation sites excluding steroid dienone is 1. The van der Waals surface area contributed by atoms with Crippen LogP contribution in [0.25, 0.3) is 0 Å². The van der Waals surface area contributed by atoms with E-state index in [1.807, 2.05) is 6.08 Å². The molecule has 1 aliphatic heterocycles. The van der Waals surface area contributed by atoms with Crippen LogP contribution in [0.4, 0.5) is 0 Å². The largest absolute Gasteiger partial charge is 0.464 e. The molecule has 2 rings (SSSR count). The molecule has 5 unspecified atom stereocenters. The molecule has 2 aliphatic rings. The van der Waals surface area contributed by atoms with E-state index in [0.717, 1.165) is 19.3 Å². The Labute approximate surface area is 178 Å². The van der Waals surface area contributed by atoms with Gasteiger partial charge in [0.05, 0.1) is 12.7 Å². The Kier molecular flexibility index (Phi) is 8.61. The van der Waals surface area contributed by atoms with Crippen LogP contribution in [0.2, 0.25) is 0 Å². The van der Waals surface area contributed by atoms with Gasteiger partial charge in [0, 0.05) is 25.5 Å². The number of amides is 2. The zero-order chi connectivity index (χ0) is 22.3. The molecule has 2 N–H and O–H groups in total. The summed E-state index contributed by atoms with van der Waals surface area (Å²) in [7, 11) is 0. The Balaban J connectivity index is 2.00. The first-order valence-corrected chi connectivity index (χ1v) is 10.6. The molecular weight excluding hydrogens is 388 g/mol. The van der Waals surface area contributed by atoms with Gasteiger partial charge >= 0.3 is 5.97 Å². The minimum absolute atomic E-state index is 0.0539. The van der Waals surface area contributed by atoms with Crippen molar-refractivity contribution in [1.29, 1.82) is 0 Å². The van der Waals surface area contributed by atoms with E-state index in [4.69, 9.17) is 9.47 Å². The van der Waals surface area contributed by atoms with Crippen LogP contribution in [0.1, 0.15) is 46.0 Å². The fraction of sp³-hybridized carbons (Fsp3) is 0.682. The smallest absolute Gasteiger partial charge is 0.332 e. The Bertz CT molecular complexity index is 666. The fourth-order valence-corrected chi connectivity index (χ4v) is 3.83. The molecule has 0 aromatic heterocycles. The first kappa shape index (κ1) is 24.1. The maximum atomic E-state index is 13.0. The van der Waals surface area contributed by atoms with E-state index in [-0.39, 0.29) is 31.4 Å². The van der Waals surface area contributed by atoms with Gasteiger partial charge in [-0.05, 0) is 39.5 Å². The third-order valence-electron chi connectivity index (χ3n) is 5.67. The van der Waals surface area contributed by atoms with Gasteiger partial charge in [0.2, 0.25) is 5.91 Å². The van der Waals surface area contributed by atoms with Crippen molar-refractivity contribution in [2.45, 2.75) is 69.7 Å². The third-order valence-corrected chi connectivity index (χ3v) is 5.67. The summed E-state index contributed by atoms with van der Waals surface area (Å²) in [6.45, 7) is 11.4. The molecule has 0 radical (unpaired) electrons. The first-order chi connectivity index (χ1) is 14.3. The number of aliphatic hydroxyl groups excluding tert-OH is 1. The number of hydrogen-bond donors (Lipinski definition) is 2. The number of nitrogens with zero attached hydrogens (tertiary/aromatic N) is 1. The number of ether oxygens (including phenoxy) is 2. The second-order valence-corrected chi connectivity index (χ2v) is 7.92. The Hall–Kier alpha value is -2.19. The average Bonchev–Trinajstić information content (AvgIpc) is 3.30. The fourth-order valence-electron chi connectivity index (χ4n) is 3.83. The van der Waals surface area contributed by atoms with Crippen molar-refractivity contribution in [3.63, 3.8) is 0 Å². The first-order valence-electron chi connectivity index (χ1n) is 10.6. The number of hydrogen-bond acceptors (Lipinski definition) is 6. The molecule has 30 heavy (non-hydrogen) atoms. The molecule has 1 heterocycles. The van der Waals surface area contributed by atoms with Crippen LogP contribution in [0, 0.1) is 5.92 Å². The van der Waals surface area contributed by atoms with Crippen LogP contribution in [0.15, 0.2) is 25.3 Å². The van der Waals surface area contributed by atoms with E-state index in [1.165, 1.54) is 4.90 Å². The van der Waals surface area contributed by atoms with Crippen molar-refractivity contribution < 1.29 is 29.0 Å². The number of esters is 1. The van der Waals surface area contributed by atoms with Crippen molar-refractivity contribution in [3.05, 3.63) is 25.3 Å². The van der Waals surface area contributed by atoms with Crippen LogP contribution in [0.3, 0.4) is 0 Å². The molecule has 0 aromatic carbocycles. The van der Waals surface area contributed by atoms with Gasteiger partial charge in [-0.25, -0.2) is 4.79 Å². The van der Waals surface area contributed by atoms with Crippen LogP contribution < -0.4 is 5.32 Å². The SMILES string of the molecule is C=CCCCCOC(C)C(=O)N1CC(O)CC1C(=O)NC1(C(=O)OCC)CC1C=C. The summed E-state index contributed by atoms with van der Waals surface area (Å²) >= 11 is 0. The molecule has 1 saturated heterocycles. The normalized spacial score (nSPS) is 28.5. The molecular formula is C22H34N2O6. The number of carbonyl (C=O) groups excluding carboxylic acids is 3. The van der Waals surface area contributed by atoms with E-state index in [1.54, 1.807) is 19.9 Å². The summed E-state index contributed by atoms with van der Waals surface area (Å²) < 4.78 is 10.7. The highest BCUT2D eigenvalue weighted by Gasteiger charge is 2.62. The molecule has 0 aromatic rings. The molecule has 0 bridgehead atoms. The maximum absolute atomic E-state index is 13.0. The van der Waals surface area contributed by atoms with E-state index in [0.29, 0.717) is 13.0 Å². The second-order valence-electron chi connectivity index (χ2n) is 7.92. The molecule has 0 spiro atoms. The third kappa shape index (κ3) is 5.49. The molecule has 168 valence electrons. The molecule has 8 nitrogen and oxygen atoms in total. The van der Waals surface area contributed by atoms with Gasteiger partial charge in [0.1, 0.15) is 17.7 Å². The number of carbonyl (C=O) groups is 3. The topological polar surface area (TPSA) is 105 Å². The van der Waals surface area contributed by atoms with Crippen LogP contribution in [-0.4, -0.2) is 71.3 Å². The quantitative estimate of drug-likeness (QED) is 0.279. The minimum atomic E-state index is -1.13. The van der Waals surface area contributed by atoms with Crippen molar-refractivity contribution in [2.24, 2.45) is 5.92 Å². The van der Waals surface area contributed by atoms with Crippen molar-refractivity contribution >= 4 is 17.8 Å².